The van der Waals surface area contributed by atoms with Crippen molar-refractivity contribution in [2.75, 3.05) is 0 Å². The molecule has 2 N–H and O–H groups in total. The van der Waals surface area contributed by atoms with E-state index in [1.807, 2.05) is 0 Å². The van der Waals surface area contributed by atoms with Crippen LogP contribution >= 0.6 is 0 Å². The van der Waals surface area contributed by atoms with E-state index in [2.05, 4.69) is 20.3 Å². The number of amides is 1. The number of nitrogens with one attached hydrogen (secondary N) is 1. The first-order valence-corrected chi connectivity index (χ1v) is 6.25. The van der Waals surface area contributed by atoms with E-state index in [4.69, 9.17) is 0 Å². The summed E-state index contributed by atoms with van der Waals surface area (Å²) in [5.41, 5.74) is 3.90. The van der Waals surface area contributed by atoms with Crippen molar-refractivity contribution in [2.24, 2.45) is 5.10 Å². The summed E-state index contributed by atoms with van der Waals surface area (Å²) in [5, 5.41) is 27.9. The van der Waals surface area contributed by atoms with Crippen LogP contribution in [0.5, 0.6) is 5.75 Å². The molecule has 0 bridgehead atoms. The number of phenolic OH excluding ortho intramolecular Hbond substituents is 1. The predicted octanol–water partition coefficient (Wildman–Crippen LogP) is 0.931. The van der Waals surface area contributed by atoms with E-state index < -0.39 is 5.91 Å². The van der Waals surface area contributed by atoms with Crippen molar-refractivity contribution < 1.29 is 19.4 Å². The number of nitrogens with zero attached hydrogens (tertiary/aromatic N) is 3. The zero-order valence-electron chi connectivity index (χ0n) is 11.1. The van der Waals surface area contributed by atoms with Gasteiger partial charge in [0.05, 0.1) is 6.21 Å². The normalized spacial score (nSPS) is 11.1. The molecule has 0 unspecified atom stereocenters. The summed E-state index contributed by atoms with van der Waals surface area (Å²) in [5.74, 6) is -0.466. The molecule has 0 saturated carbocycles. The zero-order chi connectivity index (χ0) is 15.5. The van der Waals surface area contributed by atoms with Gasteiger partial charge in [0.15, 0.2) is 0 Å². The number of hydrogen-bond donors (Lipinski definition) is 2. The van der Waals surface area contributed by atoms with E-state index in [0.29, 0.717) is 11.1 Å². The Kier molecular flexibility index (Phi) is 3.40. The molecule has 8 heteroatoms. The highest BCUT2D eigenvalue weighted by Crippen LogP contribution is 2.11. The summed E-state index contributed by atoms with van der Waals surface area (Å²) in [4.78, 5) is 12.1. The number of benzene rings is 2. The molecule has 110 valence electrons. The molecule has 1 heterocycles. The lowest BCUT2D eigenvalue weighted by molar-refractivity contribution is -0.782. The number of carbonyl (C=O) groups is 1. The first-order chi connectivity index (χ1) is 10.6. The van der Waals surface area contributed by atoms with Gasteiger partial charge in [0, 0.05) is 16.8 Å². The van der Waals surface area contributed by atoms with Gasteiger partial charge in [0.2, 0.25) is 11.0 Å². The quantitative estimate of drug-likeness (QED) is 0.424. The van der Waals surface area contributed by atoms with Gasteiger partial charge in [0.25, 0.3) is 5.91 Å². The van der Waals surface area contributed by atoms with Gasteiger partial charge >= 0.3 is 0 Å². The lowest BCUT2D eigenvalue weighted by Crippen LogP contribution is -2.22. The van der Waals surface area contributed by atoms with Crippen LogP contribution in [-0.4, -0.2) is 22.4 Å². The number of carbonyl (C=O) groups excluding carboxylic acids is 1. The van der Waals surface area contributed by atoms with Gasteiger partial charge in [0.1, 0.15) is 5.75 Å². The van der Waals surface area contributed by atoms with Gasteiger partial charge in [-0.1, -0.05) is 6.07 Å². The van der Waals surface area contributed by atoms with Crippen molar-refractivity contribution in [3.63, 3.8) is 0 Å². The van der Waals surface area contributed by atoms with E-state index >= 15 is 0 Å². The van der Waals surface area contributed by atoms with Crippen LogP contribution in [0.15, 0.2) is 52.2 Å². The van der Waals surface area contributed by atoms with Crippen molar-refractivity contribution in [1.82, 2.24) is 10.6 Å². The maximum atomic E-state index is 11.8. The van der Waals surface area contributed by atoms with Crippen LogP contribution < -0.4 is 10.3 Å². The van der Waals surface area contributed by atoms with Crippen LogP contribution in [0.3, 0.4) is 0 Å². The van der Waals surface area contributed by atoms with Crippen LogP contribution in [0.25, 0.3) is 11.0 Å². The summed E-state index contributed by atoms with van der Waals surface area (Å²) < 4.78 is 4.45. The van der Waals surface area contributed by atoms with Gasteiger partial charge in [-0.2, -0.15) is 5.10 Å². The van der Waals surface area contributed by atoms with Crippen molar-refractivity contribution in [3.05, 3.63) is 58.8 Å². The van der Waals surface area contributed by atoms with Crippen molar-refractivity contribution in [1.29, 1.82) is 0 Å². The Morgan fingerprint density at radius 3 is 3.05 bits per heavy atom. The van der Waals surface area contributed by atoms with E-state index in [1.165, 1.54) is 24.4 Å². The molecule has 0 aliphatic heterocycles. The fourth-order valence-corrected chi connectivity index (χ4v) is 1.85. The SMILES string of the molecule is O=C(N/N=C/c1ccc2no[n+]([O-])c2c1)c1cccc(O)c1. The number of fused-ring (bicyclic) bond motifs is 1. The molecule has 0 atom stereocenters. The average Bonchev–Trinajstić information content (AvgIpc) is 2.88. The topological polar surface area (TPSA) is 115 Å². The number of aromatic hydroxyl groups is 1. The van der Waals surface area contributed by atoms with E-state index in [0.717, 1.165) is 0 Å². The first-order valence-electron chi connectivity index (χ1n) is 6.25. The predicted molar refractivity (Wildman–Crippen MR) is 76.1 cm³/mol. The van der Waals surface area contributed by atoms with Crippen LogP contribution in [0.2, 0.25) is 0 Å². The molecule has 1 aromatic heterocycles. The molecular weight excluding hydrogens is 288 g/mol. The number of phenols is 1. The molecule has 3 rings (SSSR count). The van der Waals surface area contributed by atoms with Crippen molar-refractivity contribution in [3.8, 4) is 5.75 Å². The number of hydrazone groups is 1. The van der Waals surface area contributed by atoms with Crippen molar-refractivity contribution in [2.45, 2.75) is 0 Å². The molecule has 0 aliphatic rings. The minimum Gasteiger partial charge on any atom is -0.508 e. The lowest BCUT2D eigenvalue weighted by atomic mass is 10.2. The number of rotatable bonds is 3. The third kappa shape index (κ3) is 2.70. The first kappa shape index (κ1) is 13.6. The van der Waals surface area contributed by atoms with Crippen LogP contribution in [-0.2, 0) is 0 Å². The second-order valence-corrected chi connectivity index (χ2v) is 4.43. The Morgan fingerprint density at radius 2 is 2.23 bits per heavy atom. The van der Waals surface area contributed by atoms with Crippen LogP contribution in [0.4, 0.5) is 0 Å². The molecular formula is C14H10N4O4. The van der Waals surface area contributed by atoms with Gasteiger partial charge in [-0.3, -0.25) is 9.42 Å². The summed E-state index contributed by atoms with van der Waals surface area (Å²) >= 11 is 0. The molecule has 0 spiro atoms. The number of hydrogen-bond acceptors (Lipinski definition) is 6. The second-order valence-electron chi connectivity index (χ2n) is 4.43. The molecule has 2 aromatic carbocycles. The van der Waals surface area contributed by atoms with E-state index in [-0.39, 0.29) is 21.7 Å². The Bertz CT molecular complexity index is 872. The highest BCUT2D eigenvalue weighted by atomic mass is 16.8. The summed E-state index contributed by atoms with van der Waals surface area (Å²) in [6, 6.07) is 10.7. The molecule has 3 aromatic rings. The fraction of sp³-hybridized carbons (Fsp3) is 0. The van der Waals surface area contributed by atoms with Crippen LogP contribution in [0.1, 0.15) is 15.9 Å². The Labute approximate surface area is 123 Å². The molecule has 0 radical (unpaired) electrons. The third-order valence-electron chi connectivity index (χ3n) is 2.90. The highest BCUT2D eigenvalue weighted by molar-refractivity contribution is 5.95. The third-order valence-corrected chi connectivity index (χ3v) is 2.90. The smallest absolute Gasteiger partial charge is 0.271 e. The minimum absolute atomic E-state index is 0.00506. The van der Waals surface area contributed by atoms with Gasteiger partial charge in [-0.15, -0.1) is 0 Å². The summed E-state index contributed by atoms with van der Waals surface area (Å²) in [6.07, 6.45) is 1.38. The van der Waals surface area contributed by atoms with Crippen molar-refractivity contribution >= 4 is 23.2 Å². The Morgan fingerprint density at radius 1 is 1.36 bits per heavy atom. The highest BCUT2D eigenvalue weighted by Gasteiger charge is 2.09. The Hall–Kier alpha value is -3.42. The van der Waals surface area contributed by atoms with Gasteiger partial charge in [-0.25, -0.2) is 5.43 Å². The minimum atomic E-state index is -0.461. The standard InChI is InChI=1S/C14H10N4O4/c19-11-3-1-2-10(7-11)14(20)16-15-8-9-4-5-12-13(6-9)18(21)22-17-12/h1-8,19H,(H,16,20)/b15-8+. The average molecular weight is 298 g/mol. The molecule has 1 amide bonds. The maximum absolute atomic E-state index is 11.8. The van der Waals surface area contributed by atoms with Crippen LogP contribution in [0, 0.1) is 5.21 Å². The lowest BCUT2D eigenvalue weighted by Gasteiger charge is -2.00. The molecule has 0 fully saturated rings. The fourth-order valence-electron chi connectivity index (χ4n) is 1.85. The summed E-state index contributed by atoms with van der Waals surface area (Å²) in [7, 11) is 0. The Balaban J connectivity index is 1.73. The molecule has 8 nitrogen and oxygen atoms in total. The van der Waals surface area contributed by atoms with Gasteiger partial charge < -0.3 is 10.3 Å². The molecule has 0 aliphatic carbocycles. The van der Waals surface area contributed by atoms with Gasteiger partial charge in [-0.05, 0) is 40.8 Å². The largest absolute Gasteiger partial charge is 0.508 e. The van der Waals surface area contributed by atoms with E-state index in [9.17, 15) is 15.1 Å². The summed E-state index contributed by atoms with van der Waals surface area (Å²) in [6.45, 7) is 0. The maximum Gasteiger partial charge on any atom is 0.271 e. The van der Waals surface area contributed by atoms with E-state index in [1.54, 1.807) is 24.3 Å². The molecule has 0 saturated heterocycles. The number of aromatic nitrogens is 2. The monoisotopic (exact) mass is 298 g/mol. The second kappa shape index (κ2) is 5.52. The molecule has 22 heavy (non-hydrogen) atoms. The zero-order valence-corrected chi connectivity index (χ0v) is 11.1.